The summed E-state index contributed by atoms with van der Waals surface area (Å²) in [6.45, 7) is 7.34. The molecule has 5 rings (SSSR count). The molecule has 2 saturated heterocycles. The summed E-state index contributed by atoms with van der Waals surface area (Å²) in [6, 6.07) is 18.4. The number of benzene rings is 2. The summed E-state index contributed by atoms with van der Waals surface area (Å²) in [6.07, 6.45) is 4.67. The number of carbonyl (C=O) groups is 1. The van der Waals surface area contributed by atoms with Gasteiger partial charge in [-0.1, -0.05) is 42.5 Å². The lowest BCUT2D eigenvalue weighted by atomic mass is 9.84. The van der Waals surface area contributed by atoms with Gasteiger partial charge in [-0.3, -0.25) is 9.69 Å². The Balaban J connectivity index is 1.25. The number of hydrogen-bond acceptors (Lipinski definition) is 3. The standard InChI is InChI=1S/C26H33N3O/c1-19-14-22(11-13-28(19)17-20-6-3-2-4-7-20)21-9-10-25-23(15-21)18-29(26(25)30)24-8-5-12-27-16-24/h2-4,6-7,9-10,15,19,22,24,27H,5,8,11-14,16-18H2,1H3/t19-,22?,24?/m1/s1. The average Bonchev–Trinajstić information content (AvgIpc) is 3.12. The number of piperidine rings is 2. The lowest BCUT2D eigenvalue weighted by Crippen LogP contribution is -2.46. The van der Waals surface area contributed by atoms with Gasteiger partial charge in [-0.25, -0.2) is 0 Å². The zero-order valence-electron chi connectivity index (χ0n) is 18.0. The highest BCUT2D eigenvalue weighted by molar-refractivity contribution is 5.98. The van der Waals surface area contributed by atoms with E-state index in [0.29, 0.717) is 18.0 Å². The second kappa shape index (κ2) is 8.52. The molecule has 4 nitrogen and oxygen atoms in total. The molecule has 3 heterocycles. The maximum absolute atomic E-state index is 12.9. The third kappa shape index (κ3) is 3.91. The van der Waals surface area contributed by atoms with Crippen molar-refractivity contribution in [1.82, 2.24) is 15.1 Å². The number of amides is 1. The maximum atomic E-state index is 12.9. The van der Waals surface area contributed by atoms with E-state index in [0.717, 1.165) is 51.1 Å². The first-order chi connectivity index (χ1) is 14.7. The van der Waals surface area contributed by atoms with Gasteiger partial charge < -0.3 is 10.2 Å². The highest BCUT2D eigenvalue weighted by atomic mass is 16.2. The average molecular weight is 404 g/mol. The quantitative estimate of drug-likeness (QED) is 0.833. The van der Waals surface area contributed by atoms with Gasteiger partial charge in [-0.2, -0.15) is 0 Å². The van der Waals surface area contributed by atoms with E-state index in [9.17, 15) is 4.79 Å². The van der Waals surface area contributed by atoms with Crippen LogP contribution in [0.25, 0.3) is 0 Å². The highest BCUT2D eigenvalue weighted by Crippen LogP contribution is 2.35. The molecule has 3 aliphatic rings. The summed E-state index contributed by atoms with van der Waals surface area (Å²) in [4.78, 5) is 17.7. The smallest absolute Gasteiger partial charge is 0.254 e. The highest BCUT2D eigenvalue weighted by Gasteiger charge is 2.34. The molecule has 1 N–H and O–H groups in total. The van der Waals surface area contributed by atoms with Crippen LogP contribution in [0.1, 0.15) is 65.6 Å². The summed E-state index contributed by atoms with van der Waals surface area (Å²) in [5, 5.41) is 3.45. The Morgan fingerprint density at radius 3 is 2.73 bits per heavy atom. The molecule has 4 heteroatoms. The summed E-state index contributed by atoms with van der Waals surface area (Å²) in [7, 11) is 0. The predicted octanol–water partition coefficient (Wildman–Crippen LogP) is 4.16. The van der Waals surface area contributed by atoms with Gasteiger partial charge in [0.25, 0.3) is 5.91 Å². The van der Waals surface area contributed by atoms with Gasteiger partial charge in [0.15, 0.2) is 0 Å². The Morgan fingerprint density at radius 2 is 1.97 bits per heavy atom. The van der Waals surface area contributed by atoms with Crippen molar-refractivity contribution in [3.8, 4) is 0 Å². The topological polar surface area (TPSA) is 35.6 Å². The Bertz CT molecular complexity index is 890. The molecule has 0 aliphatic carbocycles. The predicted molar refractivity (Wildman–Crippen MR) is 120 cm³/mol. The number of nitrogens with one attached hydrogen (secondary N) is 1. The zero-order valence-corrected chi connectivity index (χ0v) is 18.0. The molecule has 0 aromatic heterocycles. The van der Waals surface area contributed by atoms with E-state index in [1.807, 2.05) is 0 Å². The molecule has 0 bridgehead atoms. The van der Waals surface area contributed by atoms with Gasteiger partial charge in [0.1, 0.15) is 0 Å². The fraction of sp³-hybridized carbons (Fsp3) is 0.500. The third-order valence-electron chi connectivity index (χ3n) is 7.39. The Kier molecular flexibility index (Phi) is 5.62. The lowest BCUT2D eigenvalue weighted by molar-refractivity contribution is 0.0674. The fourth-order valence-corrected chi connectivity index (χ4v) is 5.59. The number of likely N-dealkylation sites (tertiary alicyclic amines) is 1. The maximum Gasteiger partial charge on any atom is 0.254 e. The molecular weight excluding hydrogens is 370 g/mol. The van der Waals surface area contributed by atoms with Crippen LogP contribution in [0.2, 0.25) is 0 Å². The van der Waals surface area contributed by atoms with Crippen LogP contribution in [0, 0.1) is 0 Å². The van der Waals surface area contributed by atoms with Crippen LogP contribution in [-0.2, 0) is 13.1 Å². The van der Waals surface area contributed by atoms with Gasteiger partial charge in [0.05, 0.1) is 0 Å². The van der Waals surface area contributed by atoms with Crippen LogP contribution in [0.15, 0.2) is 48.5 Å². The first kappa shape index (κ1) is 19.8. The summed E-state index contributed by atoms with van der Waals surface area (Å²) in [5.41, 5.74) is 4.99. The van der Waals surface area contributed by atoms with E-state index in [1.165, 1.54) is 29.5 Å². The fourth-order valence-electron chi connectivity index (χ4n) is 5.59. The van der Waals surface area contributed by atoms with Crippen molar-refractivity contribution < 1.29 is 4.79 Å². The van der Waals surface area contributed by atoms with Crippen LogP contribution >= 0.6 is 0 Å². The number of fused-ring (bicyclic) bond motifs is 1. The van der Waals surface area contributed by atoms with Gasteiger partial charge in [-0.15, -0.1) is 0 Å². The van der Waals surface area contributed by atoms with Crippen LogP contribution < -0.4 is 5.32 Å². The molecule has 2 aromatic rings. The minimum atomic E-state index is 0.233. The molecule has 1 amide bonds. The van der Waals surface area contributed by atoms with Crippen molar-refractivity contribution in [3.63, 3.8) is 0 Å². The molecule has 3 aliphatic heterocycles. The van der Waals surface area contributed by atoms with Crippen molar-refractivity contribution in [2.75, 3.05) is 19.6 Å². The minimum Gasteiger partial charge on any atom is -0.330 e. The van der Waals surface area contributed by atoms with Gasteiger partial charge in [0.2, 0.25) is 0 Å². The molecule has 2 fully saturated rings. The normalized spacial score (nSPS) is 27.3. The first-order valence-corrected chi connectivity index (χ1v) is 11.6. The van der Waals surface area contributed by atoms with E-state index in [2.05, 4.69) is 70.6 Å². The number of carbonyl (C=O) groups excluding carboxylic acids is 1. The molecule has 0 saturated carbocycles. The Labute approximate surface area is 180 Å². The molecule has 30 heavy (non-hydrogen) atoms. The van der Waals surface area contributed by atoms with E-state index >= 15 is 0 Å². The van der Waals surface area contributed by atoms with Crippen LogP contribution in [-0.4, -0.2) is 47.4 Å². The third-order valence-corrected chi connectivity index (χ3v) is 7.39. The minimum absolute atomic E-state index is 0.233. The number of nitrogens with zero attached hydrogens (tertiary/aromatic N) is 2. The van der Waals surface area contributed by atoms with Gasteiger partial charge >= 0.3 is 0 Å². The molecule has 0 spiro atoms. The van der Waals surface area contributed by atoms with Crippen LogP contribution in [0.3, 0.4) is 0 Å². The first-order valence-electron chi connectivity index (χ1n) is 11.6. The second-order valence-electron chi connectivity index (χ2n) is 9.38. The largest absolute Gasteiger partial charge is 0.330 e. The van der Waals surface area contributed by atoms with Crippen molar-refractivity contribution in [1.29, 1.82) is 0 Å². The molecule has 158 valence electrons. The van der Waals surface area contributed by atoms with E-state index < -0.39 is 0 Å². The van der Waals surface area contributed by atoms with Crippen molar-refractivity contribution in [3.05, 3.63) is 70.8 Å². The molecule has 2 aromatic carbocycles. The zero-order chi connectivity index (χ0) is 20.5. The van der Waals surface area contributed by atoms with E-state index in [4.69, 9.17) is 0 Å². The van der Waals surface area contributed by atoms with Gasteiger partial charge in [-0.05, 0) is 74.4 Å². The Hall–Kier alpha value is -2.17. The van der Waals surface area contributed by atoms with Crippen molar-refractivity contribution in [2.45, 2.75) is 63.7 Å². The Morgan fingerprint density at radius 1 is 1.10 bits per heavy atom. The summed E-state index contributed by atoms with van der Waals surface area (Å²) in [5.74, 6) is 0.828. The van der Waals surface area contributed by atoms with Crippen LogP contribution in [0.4, 0.5) is 0 Å². The SMILES string of the molecule is C[C@@H]1CC(c2ccc3c(c2)CN(C2CCCNC2)C3=O)CCN1Cc1ccccc1. The lowest BCUT2D eigenvalue weighted by Gasteiger charge is -2.38. The number of hydrogen-bond donors (Lipinski definition) is 1. The second-order valence-corrected chi connectivity index (χ2v) is 9.38. The summed E-state index contributed by atoms with van der Waals surface area (Å²) < 4.78 is 0. The van der Waals surface area contributed by atoms with Crippen LogP contribution in [0.5, 0.6) is 0 Å². The molecular formula is C26H33N3O. The number of rotatable bonds is 4. The van der Waals surface area contributed by atoms with Gasteiger partial charge in [0, 0.05) is 37.3 Å². The van der Waals surface area contributed by atoms with Crippen molar-refractivity contribution in [2.24, 2.45) is 0 Å². The molecule has 3 atom stereocenters. The molecule has 2 unspecified atom stereocenters. The van der Waals surface area contributed by atoms with E-state index in [1.54, 1.807) is 0 Å². The van der Waals surface area contributed by atoms with Crippen molar-refractivity contribution >= 4 is 5.91 Å². The summed E-state index contributed by atoms with van der Waals surface area (Å²) >= 11 is 0. The molecule has 0 radical (unpaired) electrons. The monoisotopic (exact) mass is 403 g/mol. The van der Waals surface area contributed by atoms with E-state index in [-0.39, 0.29) is 5.91 Å².